The summed E-state index contributed by atoms with van der Waals surface area (Å²) in [5.74, 6) is 0.747. The molecule has 2 heterocycles. The Labute approximate surface area is 154 Å². The molecule has 0 bridgehead atoms. The number of rotatable bonds is 6. The van der Waals surface area contributed by atoms with Crippen molar-refractivity contribution in [1.29, 1.82) is 0 Å². The van der Waals surface area contributed by atoms with Gasteiger partial charge in [0.25, 0.3) is 11.8 Å². The summed E-state index contributed by atoms with van der Waals surface area (Å²) in [6.45, 7) is 4.03. The molecule has 1 aromatic carbocycles. The topological polar surface area (TPSA) is 59.1 Å². The predicted octanol–water partition coefficient (Wildman–Crippen LogP) is 2.68. The molecule has 6 heteroatoms. The second-order valence-electron chi connectivity index (χ2n) is 6.60. The number of piperidine rings is 1. The maximum absolute atomic E-state index is 13.1. The van der Waals surface area contributed by atoms with Crippen LogP contribution in [0.3, 0.4) is 0 Å². The van der Waals surface area contributed by atoms with E-state index in [9.17, 15) is 9.59 Å². The van der Waals surface area contributed by atoms with Crippen molar-refractivity contribution < 1.29 is 19.1 Å². The Morgan fingerprint density at radius 2 is 1.65 bits per heavy atom. The van der Waals surface area contributed by atoms with Crippen LogP contribution in [0.15, 0.2) is 23.9 Å². The van der Waals surface area contributed by atoms with Crippen LogP contribution < -0.4 is 9.47 Å². The molecular weight excluding hydrogens is 332 g/mol. The minimum atomic E-state index is -0.218. The highest BCUT2D eigenvalue weighted by Crippen LogP contribution is 2.37. The Morgan fingerprint density at radius 1 is 0.962 bits per heavy atom. The number of methoxy groups -OCH3 is 2. The zero-order valence-electron chi connectivity index (χ0n) is 15.7. The van der Waals surface area contributed by atoms with E-state index in [1.807, 2.05) is 13.0 Å². The zero-order chi connectivity index (χ0) is 18.7. The van der Waals surface area contributed by atoms with Crippen LogP contribution in [0.2, 0.25) is 0 Å². The average Bonchev–Trinajstić information content (AvgIpc) is 2.93. The molecule has 26 heavy (non-hydrogen) atoms. The average molecular weight is 358 g/mol. The number of carbonyl (C=O) groups is 2. The van der Waals surface area contributed by atoms with E-state index in [1.54, 1.807) is 26.4 Å². The van der Waals surface area contributed by atoms with Gasteiger partial charge in [-0.2, -0.15) is 0 Å². The lowest BCUT2D eigenvalue weighted by Crippen LogP contribution is -2.37. The molecule has 0 N–H and O–H groups in total. The van der Waals surface area contributed by atoms with E-state index in [2.05, 4.69) is 4.90 Å². The van der Waals surface area contributed by atoms with Gasteiger partial charge in [0.2, 0.25) is 0 Å². The van der Waals surface area contributed by atoms with Gasteiger partial charge in [0.15, 0.2) is 11.5 Å². The number of ether oxygens (including phenoxy) is 2. The fourth-order valence-corrected chi connectivity index (χ4v) is 3.65. The molecule has 2 aliphatic rings. The zero-order valence-corrected chi connectivity index (χ0v) is 15.7. The van der Waals surface area contributed by atoms with Gasteiger partial charge in [0.05, 0.1) is 19.8 Å². The number of carbonyl (C=O) groups excluding carboxylic acids is 2. The second kappa shape index (κ2) is 7.81. The Hall–Kier alpha value is -2.50. The van der Waals surface area contributed by atoms with Crippen molar-refractivity contribution in [3.05, 3.63) is 29.5 Å². The molecule has 140 valence electrons. The van der Waals surface area contributed by atoms with Crippen LogP contribution >= 0.6 is 0 Å². The van der Waals surface area contributed by atoms with E-state index in [0.29, 0.717) is 34.9 Å². The summed E-state index contributed by atoms with van der Waals surface area (Å²) in [4.78, 5) is 29.5. The summed E-state index contributed by atoms with van der Waals surface area (Å²) in [6, 6.07) is 5.37. The maximum atomic E-state index is 13.1. The normalized spacial score (nSPS) is 18.0. The molecule has 0 saturated carbocycles. The molecule has 0 aromatic heterocycles. The highest BCUT2D eigenvalue weighted by molar-refractivity contribution is 6.35. The number of likely N-dealkylation sites (tertiary alicyclic amines) is 1. The van der Waals surface area contributed by atoms with E-state index < -0.39 is 0 Å². The smallest absolute Gasteiger partial charge is 0.277 e. The number of hydrogen-bond acceptors (Lipinski definition) is 5. The molecule has 2 aliphatic heterocycles. The summed E-state index contributed by atoms with van der Waals surface area (Å²) in [6.07, 6.45) is 3.98. The Bertz CT molecular complexity index is 735. The van der Waals surface area contributed by atoms with Crippen molar-refractivity contribution in [1.82, 2.24) is 9.80 Å². The van der Waals surface area contributed by atoms with Crippen LogP contribution in [-0.2, 0) is 9.59 Å². The Morgan fingerprint density at radius 3 is 2.27 bits per heavy atom. The highest BCUT2D eigenvalue weighted by Gasteiger charge is 2.41. The third kappa shape index (κ3) is 3.16. The fraction of sp³-hybridized carbons (Fsp3) is 0.500. The molecule has 0 atom stereocenters. The molecule has 0 aliphatic carbocycles. The molecule has 2 amide bonds. The second-order valence-corrected chi connectivity index (χ2v) is 6.60. The van der Waals surface area contributed by atoms with Crippen LogP contribution in [0.1, 0.15) is 38.2 Å². The first-order valence-corrected chi connectivity index (χ1v) is 9.20. The van der Waals surface area contributed by atoms with Gasteiger partial charge >= 0.3 is 0 Å². The summed E-state index contributed by atoms with van der Waals surface area (Å²) in [5.41, 5.74) is 1.71. The van der Waals surface area contributed by atoms with Crippen LogP contribution in [-0.4, -0.2) is 55.5 Å². The minimum Gasteiger partial charge on any atom is -0.493 e. The SMILES string of the molecule is CCCN1C(=O)C(c2ccc(OC)c(OC)c2)=C(N2CCCCC2)C1=O. The van der Waals surface area contributed by atoms with Gasteiger partial charge in [0.1, 0.15) is 5.70 Å². The van der Waals surface area contributed by atoms with Crippen molar-refractivity contribution in [2.45, 2.75) is 32.6 Å². The standard InChI is InChI=1S/C20H26N2O4/c1-4-10-22-19(23)17(14-8-9-15(25-2)16(13-14)26-3)18(20(22)24)21-11-6-5-7-12-21/h8-9,13H,4-7,10-12H2,1-3H3. The van der Waals surface area contributed by atoms with E-state index in [-0.39, 0.29) is 11.8 Å². The lowest BCUT2D eigenvalue weighted by atomic mass is 10.0. The molecule has 0 unspecified atom stereocenters. The van der Waals surface area contributed by atoms with Gasteiger partial charge in [-0.05, 0) is 43.4 Å². The summed E-state index contributed by atoms with van der Waals surface area (Å²) in [5, 5.41) is 0. The van der Waals surface area contributed by atoms with Crippen LogP contribution in [0.4, 0.5) is 0 Å². The number of amides is 2. The Kier molecular flexibility index (Phi) is 5.49. The third-order valence-corrected chi connectivity index (χ3v) is 4.94. The predicted molar refractivity (Wildman–Crippen MR) is 98.9 cm³/mol. The largest absolute Gasteiger partial charge is 0.493 e. The van der Waals surface area contributed by atoms with Crippen LogP contribution in [0, 0.1) is 0 Å². The summed E-state index contributed by atoms with van der Waals surface area (Å²) < 4.78 is 10.7. The first kappa shape index (κ1) is 18.3. The maximum Gasteiger partial charge on any atom is 0.277 e. The lowest BCUT2D eigenvalue weighted by molar-refractivity contribution is -0.137. The van der Waals surface area contributed by atoms with Crippen molar-refractivity contribution in [2.24, 2.45) is 0 Å². The highest BCUT2D eigenvalue weighted by atomic mass is 16.5. The Balaban J connectivity index is 2.10. The number of hydrogen-bond donors (Lipinski definition) is 0. The molecule has 1 saturated heterocycles. The van der Waals surface area contributed by atoms with Gasteiger partial charge in [0, 0.05) is 19.6 Å². The monoisotopic (exact) mass is 358 g/mol. The van der Waals surface area contributed by atoms with E-state index in [1.165, 1.54) is 4.90 Å². The molecular formula is C20H26N2O4. The van der Waals surface area contributed by atoms with Crippen molar-refractivity contribution in [3.8, 4) is 11.5 Å². The van der Waals surface area contributed by atoms with Gasteiger partial charge in [-0.1, -0.05) is 13.0 Å². The molecule has 6 nitrogen and oxygen atoms in total. The molecule has 0 radical (unpaired) electrons. The van der Waals surface area contributed by atoms with Crippen molar-refractivity contribution >= 4 is 17.4 Å². The molecule has 3 rings (SSSR count). The summed E-state index contributed by atoms with van der Waals surface area (Å²) in [7, 11) is 3.13. The van der Waals surface area contributed by atoms with Crippen molar-refractivity contribution in [2.75, 3.05) is 33.9 Å². The third-order valence-electron chi connectivity index (χ3n) is 4.94. The molecule has 1 fully saturated rings. The minimum absolute atomic E-state index is 0.177. The van der Waals surface area contributed by atoms with Gasteiger partial charge in [-0.3, -0.25) is 14.5 Å². The first-order valence-electron chi connectivity index (χ1n) is 9.20. The van der Waals surface area contributed by atoms with E-state index in [4.69, 9.17) is 9.47 Å². The van der Waals surface area contributed by atoms with Crippen molar-refractivity contribution in [3.63, 3.8) is 0 Å². The first-order chi connectivity index (χ1) is 12.6. The van der Waals surface area contributed by atoms with E-state index in [0.717, 1.165) is 38.8 Å². The number of nitrogens with zero attached hydrogens (tertiary/aromatic N) is 2. The summed E-state index contributed by atoms with van der Waals surface area (Å²) >= 11 is 0. The molecule has 0 spiro atoms. The van der Waals surface area contributed by atoms with Crippen LogP contribution in [0.5, 0.6) is 11.5 Å². The molecule has 1 aromatic rings. The van der Waals surface area contributed by atoms with Gasteiger partial charge in [-0.25, -0.2) is 0 Å². The number of imide groups is 1. The van der Waals surface area contributed by atoms with Gasteiger partial charge in [-0.15, -0.1) is 0 Å². The number of benzene rings is 1. The lowest BCUT2D eigenvalue weighted by Gasteiger charge is -2.29. The fourth-order valence-electron chi connectivity index (χ4n) is 3.65. The quantitative estimate of drug-likeness (QED) is 0.732. The van der Waals surface area contributed by atoms with Gasteiger partial charge < -0.3 is 14.4 Å². The van der Waals surface area contributed by atoms with Crippen LogP contribution in [0.25, 0.3) is 5.57 Å². The van der Waals surface area contributed by atoms with E-state index >= 15 is 0 Å².